The highest BCUT2D eigenvalue weighted by Gasteiger charge is 2.18. The smallest absolute Gasteiger partial charge is 0.108 e. The molecule has 0 bridgehead atoms. The van der Waals surface area contributed by atoms with Gasteiger partial charge >= 0.3 is 0 Å². The highest BCUT2D eigenvalue weighted by atomic mass is 79.9. The highest BCUT2D eigenvalue weighted by Crippen LogP contribution is 2.21. The predicted octanol–water partition coefficient (Wildman–Crippen LogP) is 2.51. The van der Waals surface area contributed by atoms with Gasteiger partial charge in [-0.1, -0.05) is 0 Å². The fraction of sp³-hybridized carbons (Fsp3) is 0.700. The van der Waals surface area contributed by atoms with Gasteiger partial charge in [-0.3, -0.25) is 4.90 Å². The van der Waals surface area contributed by atoms with Gasteiger partial charge in [0.2, 0.25) is 0 Å². The Labute approximate surface area is 115 Å². The lowest BCUT2D eigenvalue weighted by atomic mass is 10.1. The molecule has 0 atom stereocenters. The van der Waals surface area contributed by atoms with Crippen molar-refractivity contribution in [1.82, 2.24) is 15.2 Å². The van der Waals surface area contributed by atoms with Gasteiger partial charge in [-0.05, 0) is 48.9 Å². The molecule has 6 heteroatoms. The predicted molar refractivity (Wildman–Crippen MR) is 74.4 cm³/mol. The van der Waals surface area contributed by atoms with Crippen molar-refractivity contribution in [3.05, 3.63) is 15.0 Å². The lowest BCUT2D eigenvalue weighted by molar-refractivity contribution is 0.191. The van der Waals surface area contributed by atoms with E-state index in [2.05, 4.69) is 38.2 Å². The Balaban J connectivity index is 0.00000128. The molecule has 16 heavy (non-hydrogen) atoms. The molecule has 0 aliphatic carbocycles. The van der Waals surface area contributed by atoms with Crippen LogP contribution in [0.1, 0.15) is 17.8 Å². The number of nitrogens with zero attached hydrogens (tertiary/aromatic N) is 2. The van der Waals surface area contributed by atoms with Gasteiger partial charge in [0.05, 0.1) is 16.5 Å². The van der Waals surface area contributed by atoms with E-state index in [0.717, 1.165) is 23.4 Å². The molecule has 2 heterocycles. The van der Waals surface area contributed by atoms with Crippen molar-refractivity contribution in [3.63, 3.8) is 0 Å². The fourth-order valence-corrected chi connectivity index (χ4v) is 3.32. The second kappa shape index (κ2) is 6.91. The van der Waals surface area contributed by atoms with Crippen LogP contribution < -0.4 is 5.32 Å². The third-order valence-electron chi connectivity index (χ3n) is 2.84. The summed E-state index contributed by atoms with van der Waals surface area (Å²) in [5.74, 6) is 0. The molecule has 0 saturated carbocycles. The Kier molecular flexibility index (Phi) is 6.21. The van der Waals surface area contributed by atoms with Crippen LogP contribution in [0.25, 0.3) is 0 Å². The Morgan fingerprint density at radius 1 is 1.56 bits per heavy atom. The van der Waals surface area contributed by atoms with Gasteiger partial charge in [0.25, 0.3) is 0 Å². The van der Waals surface area contributed by atoms with Crippen molar-refractivity contribution in [1.29, 1.82) is 0 Å². The van der Waals surface area contributed by atoms with Gasteiger partial charge in [-0.2, -0.15) is 0 Å². The van der Waals surface area contributed by atoms with E-state index in [4.69, 9.17) is 0 Å². The summed E-state index contributed by atoms with van der Waals surface area (Å²) >= 11 is 5.17. The molecule has 1 aromatic rings. The molecule has 0 amide bonds. The van der Waals surface area contributed by atoms with E-state index in [-0.39, 0.29) is 12.4 Å². The van der Waals surface area contributed by atoms with Crippen molar-refractivity contribution in [3.8, 4) is 0 Å². The number of hydrogen-bond donors (Lipinski definition) is 1. The molecule has 0 spiro atoms. The average molecular weight is 327 g/mol. The van der Waals surface area contributed by atoms with Crippen molar-refractivity contribution in [2.45, 2.75) is 25.4 Å². The summed E-state index contributed by atoms with van der Waals surface area (Å²) in [6.45, 7) is 3.27. The van der Waals surface area contributed by atoms with Crippen molar-refractivity contribution < 1.29 is 0 Å². The molecule has 1 fully saturated rings. The fourth-order valence-electron chi connectivity index (χ4n) is 1.95. The molecule has 92 valence electrons. The molecule has 1 aliphatic rings. The van der Waals surface area contributed by atoms with Crippen LogP contribution in [0.3, 0.4) is 0 Å². The average Bonchev–Trinajstić information content (AvgIpc) is 2.65. The molecule has 1 aromatic heterocycles. The Bertz CT molecular complexity index is 315. The third kappa shape index (κ3) is 3.96. The minimum absolute atomic E-state index is 0. The van der Waals surface area contributed by atoms with Crippen LogP contribution in [0.15, 0.2) is 9.98 Å². The number of aromatic nitrogens is 1. The lowest BCUT2D eigenvalue weighted by Crippen LogP contribution is -2.40. The van der Waals surface area contributed by atoms with Gasteiger partial charge in [0.1, 0.15) is 5.01 Å². The summed E-state index contributed by atoms with van der Waals surface area (Å²) in [4.78, 5) is 6.79. The summed E-state index contributed by atoms with van der Waals surface area (Å²) in [5.41, 5.74) is 0. The van der Waals surface area contributed by atoms with Gasteiger partial charge in [-0.25, -0.2) is 4.98 Å². The summed E-state index contributed by atoms with van der Waals surface area (Å²) < 4.78 is 1.12. The van der Waals surface area contributed by atoms with E-state index in [0.29, 0.717) is 6.04 Å². The minimum Gasteiger partial charge on any atom is -0.317 e. The van der Waals surface area contributed by atoms with Crippen molar-refractivity contribution in [2.75, 3.05) is 20.1 Å². The minimum atomic E-state index is 0. The molecule has 1 aliphatic heterocycles. The molecule has 0 unspecified atom stereocenters. The molecule has 0 radical (unpaired) electrons. The normalized spacial score (nSPS) is 17.4. The van der Waals surface area contributed by atoms with Crippen LogP contribution in [0.4, 0.5) is 0 Å². The van der Waals surface area contributed by atoms with E-state index in [1.54, 1.807) is 11.3 Å². The van der Waals surface area contributed by atoms with Crippen LogP contribution in [0, 0.1) is 0 Å². The molecule has 2 rings (SSSR count). The highest BCUT2D eigenvalue weighted by molar-refractivity contribution is 9.11. The topological polar surface area (TPSA) is 28.2 Å². The quantitative estimate of drug-likeness (QED) is 0.925. The summed E-state index contributed by atoms with van der Waals surface area (Å²) in [6, 6.07) is 0.717. The maximum absolute atomic E-state index is 4.36. The SMILES string of the molecule is CN(Cc1ncc(Br)s1)C1CCNCC1.Cl. The first-order chi connectivity index (χ1) is 7.25. The first-order valence-electron chi connectivity index (χ1n) is 5.27. The summed E-state index contributed by atoms with van der Waals surface area (Å²) in [6.07, 6.45) is 4.39. The lowest BCUT2D eigenvalue weighted by Gasteiger charge is -2.30. The maximum Gasteiger partial charge on any atom is 0.108 e. The van der Waals surface area contributed by atoms with Crippen LogP contribution in [-0.4, -0.2) is 36.1 Å². The molecular formula is C10H17BrClN3S. The van der Waals surface area contributed by atoms with Crippen molar-refractivity contribution in [2.24, 2.45) is 0 Å². The Morgan fingerprint density at radius 2 is 2.25 bits per heavy atom. The maximum atomic E-state index is 4.36. The number of piperidine rings is 1. The largest absolute Gasteiger partial charge is 0.317 e. The first-order valence-corrected chi connectivity index (χ1v) is 6.88. The van der Waals surface area contributed by atoms with Gasteiger partial charge < -0.3 is 5.32 Å². The standard InChI is InChI=1S/C10H16BrN3S.ClH/c1-14(8-2-4-12-5-3-8)7-10-13-6-9(11)15-10;/h6,8,12H,2-5,7H2,1H3;1H. The van der Waals surface area contributed by atoms with E-state index >= 15 is 0 Å². The van der Waals surface area contributed by atoms with Crippen molar-refractivity contribution >= 4 is 39.7 Å². The van der Waals surface area contributed by atoms with Crippen LogP contribution in [-0.2, 0) is 6.54 Å². The Hall–Kier alpha value is 0.320. The van der Waals surface area contributed by atoms with Crippen LogP contribution in [0.2, 0.25) is 0 Å². The summed E-state index contributed by atoms with van der Waals surface area (Å²) in [7, 11) is 2.20. The zero-order chi connectivity index (χ0) is 10.7. The first kappa shape index (κ1) is 14.4. The number of thiazole rings is 1. The third-order valence-corrected chi connectivity index (χ3v) is 4.30. The number of rotatable bonds is 3. The van der Waals surface area contributed by atoms with Crippen LogP contribution >= 0.6 is 39.7 Å². The molecule has 1 saturated heterocycles. The molecule has 0 aromatic carbocycles. The van der Waals surface area contributed by atoms with Gasteiger partial charge in [-0.15, -0.1) is 23.7 Å². The molecular weight excluding hydrogens is 310 g/mol. The molecule has 1 N–H and O–H groups in total. The number of halogens is 2. The van der Waals surface area contributed by atoms with Gasteiger partial charge in [0, 0.05) is 6.04 Å². The zero-order valence-corrected chi connectivity index (χ0v) is 12.5. The van der Waals surface area contributed by atoms with E-state index in [9.17, 15) is 0 Å². The van der Waals surface area contributed by atoms with Crippen LogP contribution in [0.5, 0.6) is 0 Å². The van der Waals surface area contributed by atoms with E-state index < -0.39 is 0 Å². The van der Waals surface area contributed by atoms with Gasteiger partial charge in [0.15, 0.2) is 0 Å². The second-order valence-corrected chi connectivity index (χ2v) is 6.45. The Morgan fingerprint density at radius 3 is 2.81 bits per heavy atom. The second-order valence-electron chi connectivity index (χ2n) is 3.95. The summed E-state index contributed by atoms with van der Waals surface area (Å²) in [5, 5.41) is 4.59. The molecule has 3 nitrogen and oxygen atoms in total. The van der Waals surface area contributed by atoms with E-state index in [1.807, 2.05) is 6.20 Å². The monoisotopic (exact) mass is 325 g/mol. The number of nitrogens with one attached hydrogen (secondary N) is 1. The zero-order valence-electron chi connectivity index (χ0n) is 9.28. The van der Waals surface area contributed by atoms with E-state index in [1.165, 1.54) is 17.8 Å². The number of hydrogen-bond acceptors (Lipinski definition) is 4.